The van der Waals surface area contributed by atoms with Crippen LogP contribution in [0.15, 0.2) is 36.9 Å². The summed E-state index contributed by atoms with van der Waals surface area (Å²) < 4.78 is 5.69. The predicted molar refractivity (Wildman–Crippen MR) is 87.8 cm³/mol. The van der Waals surface area contributed by atoms with Gasteiger partial charge in [0.15, 0.2) is 0 Å². The second-order valence-corrected chi connectivity index (χ2v) is 5.73. The van der Waals surface area contributed by atoms with Crippen LogP contribution in [-0.2, 0) is 6.54 Å². The van der Waals surface area contributed by atoms with E-state index in [1.165, 1.54) is 5.56 Å². The van der Waals surface area contributed by atoms with Crippen LogP contribution in [0.3, 0.4) is 0 Å². The zero-order valence-corrected chi connectivity index (χ0v) is 13.2. The third-order valence-corrected chi connectivity index (χ3v) is 4.00. The summed E-state index contributed by atoms with van der Waals surface area (Å²) in [7, 11) is 4.40. The van der Waals surface area contributed by atoms with Crippen molar-refractivity contribution in [2.24, 2.45) is 0 Å². The minimum Gasteiger partial charge on any atom is -0.489 e. The molecule has 0 saturated carbocycles. The summed E-state index contributed by atoms with van der Waals surface area (Å²) in [6, 6.07) is 8.76. The normalized spacial score (nSPS) is 20.4. The van der Waals surface area contributed by atoms with Gasteiger partial charge in [-0.25, -0.2) is 0 Å². The molecule has 4 nitrogen and oxygen atoms in total. The molecule has 0 aliphatic carbocycles. The lowest BCUT2D eigenvalue weighted by atomic mass is 10.1. The van der Waals surface area contributed by atoms with E-state index in [4.69, 9.17) is 4.74 Å². The molecule has 0 amide bonds. The van der Waals surface area contributed by atoms with Crippen LogP contribution in [0.2, 0.25) is 0 Å². The monoisotopic (exact) mass is 289 g/mol. The molecule has 1 N–H and O–H groups in total. The fourth-order valence-corrected chi connectivity index (χ4v) is 2.63. The molecular formula is C17H27N3O. The first kappa shape index (κ1) is 16.0. The maximum Gasteiger partial charge on any atom is 0.124 e. The van der Waals surface area contributed by atoms with Gasteiger partial charge in [0.05, 0.1) is 0 Å². The molecule has 1 fully saturated rings. The lowest BCUT2D eigenvalue weighted by molar-refractivity contribution is 0.113. The van der Waals surface area contributed by atoms with Gasteiger partial charge >= 0.3 is 0 Å². The topological polar surface area (TPSA) is 27.7 Å². The van der Waals surface area contributed by atoms with Crippen LogP contribution in [0.1, 0.15) is 5.56 Å². The molecule has 0 spiro atoms. The lowest BCUT2D eigenvalue weighted by Crippen LogP contribution is -2.53. The van der Waals surface area contributed by atoms with Crippen molar-refractivity contribution in [2.45, 2.75) is 12.6 Å². The molecule has 1 heterocycles. The Morgan fingerprint density at radius 1 is 1.33 bits per heavy atom. The largest absolute Gasteiger partial charge is 0.489 e. The summed E-state index contributed by atoms with van der Waals surface area (Å²) in [5.74, 6) is 0.944. The first-order valence-corrected chi connectivity index (χ1v) is 7.62. The zero-order chi connectivity index (χ0) is 15.1. The summed E-state index contributed by atoms with van der Waals surface area (Å²) in [6.07, 6.45) is 1.77. The maximum absolute atomic E-state index is 5.69. The fourth-order valence-electron chi connectivity index (χ4n) is 2.63. The van der Waals surface area contributed by atoms with Gasteiger partial charge in [0.25, 0.3) is 0 Å². The van der Waals surface area contributed by atoms with Crippen molar-refractivity contribution in [3.05, 3.63) is 42.5 Å². The Labute approximate surface area is 128 Å². The fraction of sp³-hybridized carbons (Fsp3) is 0.529. The second-order valence-electron chi connectivity index (χ2n) is 5.73. The number of rotatable bonds is 7. The van der Waals surface area contributed by atoms with Crippen LogP contribution in [0.25, 0.3) is 0 Å². The number of benzene rings is 1. The molecule has 1 unspecified atom stereocenters. The first-order chi connectivity index (χ1) is 10.2. The third-order valence-electron chi connectivity index (χ3n) is 4.00. The Hall–Kier alpha value is -1.36. The molecule has 1 aliphatic rings. The van der Waals surface area contributed by atoms with Crippen LogP contribution >= 0.6 is 0 Å². The van der Waals surface area contributed by atoms with Crippen molar-refractivity contribution in [1.29, 1.82) is 0 Å². The number of hydrogen-bond acceptors (Lipinski definition) is 4. The van der Waals surface area contributed by atoms with Crippen LogP contribution < -0.4 is 10.1 Å². The number of likely N-dealkylation sites (N-methyl/N-ethyl adjacent to an activating group) is 2. The standard InChI is InChI=1S/C17H27N3O/c1-4-11-21-17-8-6-5-7-15(17)12-18-13-16-14-19(2)9-10-20(16)3/h4-8,16,18H,1,9-14H2,2-3H3. The molecule has 116 valence electrons. The van der Waals surface area contributed by atoms with Crippen LogP contribution in [0.5, 0.6) is 5.75 Å². The number of para-hydroxylation sites is 1. The maximum atomic E-state index is 5.69. The van der Waals surface area contributed by atoms with Gasteiger partial charge < -0.3 is 15.0 Å². The molecule has 21 heavy (non-hydrogen) atoms. The summed E-state index contributed by atoms with van der Waals surface area (Å²) in [6.45, 7) is 9.50. The summed E-state index contributed by atoms with van der Waals surface area (Å²) >= 11 is 0. The summed E-state index contributed by atoms with van der Waals surface area (Å²) in [5, 5.41) is 3.57. The highest BCUT2D eigenvalue weighted by Gasteiger charge is 2.21. The highest BCUT2D eigenvalue weighted by atomic mass is 16.5. The van der Waals surface area contributed by atoms with Gasteiger partial charge in [0.1, 0.15) is 12.4 Å². The van der Waals surface area contributed by atoms with Gasteiger partial charge in [-0.1, -0.05) is 30.9 Å². The average Bonchev–Trinajstić information content (AvgIpc) is 2.50. The van der Waals surface area contributed by atoms with E-state index in [-0.39, 0.29) is 0 Å². The average molecular weight is 289 g/mol. The summed E-state index contributed by atoms with van der Waals surface area (Å²) in [5.41, 5.74) is 1.20. The Bertz CT molecular complexity index is 449. The van der Waals surface area contributed by atoms with E-state index < -0.39 is 0 Å². The number of ether oxygens (including phenoxy) is 1. The Morgan fingerprint density at radius 3 is 2.95 bits per heavy atom. The van der Waals surface area contributed by atoms with E-state index in [1.54, 1.807) is 6.08 Å². The highest BCUT2D eigenvalue weighted by molar-refractivity contribution is 5.33. The van der Waals surface area contributed by atoms with Crippen molar-refractivity contribution >= 4 is 0 Å². The molecule has 1 aliphatic heterocycles. The Balaban J connectivity index is 1.84. The smallest absolute Gasteiger partial charge is 0.124 e. The van der Waals surface area contributed by atoms with Gasteiger partial charge in [-0.15, -0.1) is 0 Å². The van der Waals surface area contributed by atoms with Crippen LogP contribution in [0.4, 0.5) is 0 Å². The van der Waals surface area contributed by atoms with Crippen LogP contribution in [0, 0.1) is 0 Å². The lowest BCUT2D eigenvalue weighted by Gasteiger charge is -2.37. The minimum absolute atomic E-state index is 0.549. The highest BCUT2D eigenvalue weighted by Crippen LogP contribution is 2.17. The Morgan fingerprint density at radius 2 is 2.14 bits per heavy atom. The van der Waals surface area contributed by atoms with E-state index in [0.717, 1.165) is 38.5 Å². The number of hydrogen-bond donors (Lipinski definition) is 1. The molecule has 0 bridgehead atoms. The van der Waals surface area contributed by atoms with Gasteiger partial charge in [-0.3, -0.25) is 4.90 Å². The molecule has 1 saturated heterocycles. The van der Waals surface area contributed by atoms with Crippen molar-refractivity contribution in [1.82, 2.24) is 15.1 Å². The van der Waals surface area contributed by atoms with E-state index >= 15 is 0 Å². The van der Waals surface area contributed by atoms with Crippen molar-refractivity contribution < 1.29 is 4.74 Å². The predicted octanol–water partition coefficient (Wildman–Crippen LogP) is 1.59. The molecule has 1 aromatic carbocycles. The number of piperazine rings is 1. The molecule has 1 atom stereocenters. The van der Waals surface area contributed by atoms with E-state index in [0.29, 0.717) is 12.6 Å². The summed E-state index contributed by atoms with van der Waals surface area (Å²) in [4.78, 5) is 4.83. The van der Waals surface area contributed by atoms with Gasteiger partial charge in [0, 0.05) is 44.3 Å². The SMILES string of the molecule is C=CCOc1ccccc1CNCC1CN(C)CCN1C. The molecule has 4 heteroatoms. The van der Waals surface area contributed by atoms with Crippen molar-refractivity contribution in [2.75, 3.05) is 46.9 Å². The van der Waals surface area contributed by atoms with Crippen molar-refractivity contribution in [3.8, 4) is 5.75 Å². The van der Waals surface area contributed by atoms with Crippen molar-refractivity contribution in [3.63, 3.8) is 0 Å². The first-order valence-electron chi connectivity index (χ1n) is 7.62. The number of nitrogens with one attached hydrogen (secondary N) is 1. The second kappa shape index (κ2) is 8.17. The van der Waals surface area contributed by atoms with E-state index in [2.05, 4.69) is 47.9 Å². The molecule has 0 aromatic heterocycles. The number of nitrogens with zero attached hydrogens (tertiary/aromatic N) is 2. The van der Waals surface area contributed by atoms with Gasteiger partial charge in [-0.05, 0) is 20.2 Å². The van der Waals surface area contributed by atoms with Crippen LogP contribution in [-0.4, -0.2) is 62.7 Å². The minimum atomic E-state index is 0.549. The molecule has 1 aromatic rings. The van der Waals surface area contributed by atoms with Gasteiger partial charge in [-0.2, -0.15) is 0 Å². The van der Waals surface area contributed by atoms with E-state index in [9.17, 15) is 0 Å². The van der Waals surface area contributed by atoms with E-state index in [1.807, 2.05) is 12.1 Å². The Kier molecular flexibility index (Phi) is 6.23. The zero-order valence-electron chi connectivity index (χ0n) is 13.2. The molecule has 2 rings (SSSR count). The quantitative estimate of drug-likeness (QED) is 0.772. The molecular weight excluding hydrogens is 262 g/mol. The van der Waals surface area contributed by atoms with Gasteiger partial charge in [0.2, 0.25) is 0 Å². The molecule has 0 radical (unpaired) electrons. The third kappa shape index (κ3) is 4.84.